The zero-order chi connectivity index (χ0) is 19.3. The first kappa shape index (κ1) is 20.9. The fourth-order valence-electron chi connectivity index (χ4n) is 3.67. The predicted molar refractivity (Wildman–Crippen MR) is 108 cm³/mol. The lowest BCUT2D eigenvalue weighted by Crippen LogP contribution is -2.28. The summed E-state index contributed by atoms with van der Waals surface area (Å²) in [6, 6.07) is 0. The molecule has 1 aromatic rings. The number of ether oxygens (including phenoxy) is 1. The van der Waals surface area contributed by atoms with E-state index in [1.54, 1.807) is 11.3 Å². The lowest BCUT2D eigenvalue weighted by molar-refractivity contribution is -0.116. The first-order valence-electron chi connectivity index (χ1n) is 9.86. The highest BCUT2D eigenvalue weighted by atomic mass is 32.1. The minimum absolute atomic E-state index is 0.00682. The normalized spacial score (nSPS) is 16.9. The average molecular weight is 380 g/mol. The van der Waals surface area contributed by atoms with E-state index >= 15 is 0 Å². The molecule has 4 nitrogen and oxygen atoms in total. The van der Waals surface area contributed by atoms with Crippen molar-refractivity contribution in [1.82, 2.24) is 0 Å². The Bertz CT molecular complexity index is 648. The highest BCUT2D eigenvalue weighted by molar-refractivity contribution is 7.17. The van der Waals surface area contributed by atoms with E-state index in [1.807, 2.05) is 0 Å². The molecule has 1 heterocycles. The third-order valence-corrected chi connectivity index (χ3v) is 7.10. The van der Waals surface area contributed by atoms with Gasteiger partial charge in [-0.25, -0.2) is 4.79 Å². The highest BCUT2D eigenvalue weighted by Crippen LogP contribution is 2.45. The third kappa shape index (κ3) is 4.67. The van der Waals surface area contributed by atoms with Crippen LogP contribution in [0.25, 0.3) is 0 Å². The van der Waals surface area contributed by atoms with Crippen molar-refractivity contribution < 1.29 is 14.3 Å². The zero-order valence-electron chi connectivity index (χ0n) is 16.9. The van der Waals surface area contributed by atoms with Gasteiger partial charge >= 0.3 is 5.97 Å². The molecule has 26 heavy (non-hydrogen) atoms. The Morgan fingerprint density at radius 1 is 1.27 bits per heavy atom. The summed E-state index contributed by atoms with van der Waals surface area (Å²) >= 11 is 1.57. The zero-order valence-corrected chi connectivity index (χ0v) is 17.7. The van der Waals surface area contributed by atoms with Gasteiger partial charge in [0, 0.05) is 11.3 Å². The summed E-state index contributed by atoms with van der Waals surface area (Å²) in [5.41, 5.74) is 1.97. The number of methoxy groups -OCH3 is 1. The SMILES string of the molecule is CCCCCC(=O)Nc1sc2c(c1C(=O)OC)CCC(C(C)(C)CC)C2. The number of rotatable bonds is 8. The number of nitrogens with one attached hydrogen (secondary N) is 1. The van der Waals surface area contributed by atoms with Gasteiger partial charge in [0.05, 0.1) is 12.7 Å². The molecule has 0 fully saturated rings. The van der Waals surface area contributed by atoms with Crippen LogP contribution in [0.15, 0.2) is 0 Å². The van der Waals surface area contributed by atoms with Gasteiger partial charge in [-0.05, 0) is 42.6 Å². The third-order valence-electron chi connectivity index (χ3n) is 5.93. The van der Waals surface area contributed by atoms with E-state index in [9.17, 15) is 9.59 Å². The first-order chi connectivity index (χ1) is 12.3. The molecule has 1 unspecified atom stereocenters. The van der Waals surface area contributed by atoms with Gasteiger partial charge in [-0.3, -0.25) is 4.79 Å². The molecule has 0 saturated heterocycles. The maximum absolute atomic E-state index is 12.4. The number of hydrogen-bond acceptors (Lipinski definition) is 4. The van der Waals surface area contributed by atoms with E-state index in [-0.39, 0.29) is 17.3 Å². The van der Waals surface area contributed by atoms with Crippen molar-refractivity contribution in [2.75, 3.05) is 12.4 Å². The number of fused-ring (bicyclic) bond motifs is 1. The Labute approximate surface area is 161 Å². The van der Waals surface area contributed by atoms with Gasteiger partial charge in [-0.15, -0.1) is 11.3 Å². The van der Waals surface area contributed by atoms with Crippen LogP contribution in [-0.2, 0) is 22.4 Å². The summed E-state index contributed by atoms with van der Waals surface area (Å²) in [6.07, 6.45) is 7.61. The van der Waals surface area contributed by atoms with Crippen LogP contribution in [0.4, 0.5) is 5.00 Å². The number of carbonyl (C=O) groups is 2. The molecule has 0 radical (unpaired) electrons. The number of amides is 1. The van der Waals surface area contributed by atoms with E-state index in [1.165, 1.54) is 12.0 Å². The lowest BCUT2D eigenvalue weighted by atomic mass is 9.69. The minimum Gasteiger partial charge on any atom is -0.465 e. The minimum atomic E-state index is -0.334. The molecule has 2 rings (SSSR count). The van der Waals surface area contributed by atoms with Gasteiger partial charge in [-0.2, -0.15) is 0 Å². The molecule has 1 amide bonds. The number of esters is 1. The van der Waals surface area contributed by atoms with Crippen molar-refractivity contribution >= 4 is 28.2 Å². The standard InChI is InChI=1S/C21H33NO3S/c1-6-8-9-10-17(23)22-19-18(20(24)25-5)15-12-11-14(13-16(15)26-19)21(3,4)7-2/h14H,6-13H2,1-5H3,(H,22,23). The number of anilines is 1. The van der Waals surface area contributed by atoms with Crippen LogP contribution in [-0.4, -0.2) is 19.0 Å². The van der Waals surface area contributed by atoms with Crippen LogP contribution in [0.5, 0.6) is 0 Å². The van der Waals surface area contributed by atoms with E-state index in [0.29, 0.717) is 22.9 Å². The quantitative estimate of drug-likeness (QED) is 0.473. The Morgan fingerprint density at radius 2 is 2.00 bits per heavy atom. The molecule has 1 aliphatic carbocycles. The van der Waals surface area contributed by atoms with Crippen LogP contribution in [0.3, 0.4) is 0 Å². The monoisotopic (exact) mass is 379 g/mol. The summed E-state index contributed by atoms with van der Waals surface area (Å²) in [6.45, 7) is 9.02. The molecule has 1 aromatic heterocycles. The van der Waals surface area contributed by atoms with Crippen molar-refractivity contribution in [2.45, 2.75) is 79.1 Å². The van der Waals surface area contributed by atoms with Crippen molar-refractivity contribution in [1.29, 1.82) is 0 Å². The Kier molecular flexibility index (Phi) is 7.27. The molecular formula is C21H33NO3S. The fourth-order valence-corrected chi connectivity index (χ4v) is 5.00. The second-order valence-corrected chi connectivity index (χ2v) is 9.09. The van der Waals surface area contributed by atoms with Gasteiger partial charge in [0.25, 0.3) is 0 Å². The summed E-state index contributed by atoms with van der Waals surface area (Å²) in [4.78, 5) is 25.9. The van der Waals surface area contributed by atoms with E-state index < -0.39 is 0 Å². The van der Waals surface area contributed by atoms with E-state index in [0.717, 1.165) is 50.5 Å². The molecular weight excluding hydrogens is 346 g/mol. The number of thiophene rings is 1. The molecule has 5 heteroatoms. The van der Waals surface area contributed by atoms with Crippen molar-refractivity contribution in [3.05, 3.63) is 16.0 Å². The van der Waals surface area contributed by atoms with Gasteiger partial charge in [0.2, 0.25) is 5.91 Å². The van der Waals surface area contributed by atoms with Crippen LogP contribution >= 0.6 is 11.3 Å². The van der Waals surface area contributed by atoms with Crippen LogP contribution in [0, 0.1) is 11.3 Å². The molecule has 0 spiro atoms. The summed E-state index contributed by atoms with van der Waals surface area (Å²) in [7, 11) is 1.41. The van der Waals surface area contributed by atoms with Gasteiger partial charge in [0.1, 0.15) is 5.00 Å². The molecule has 146 valence electrons. The predicted octanol–water partition coefficient (Wildman–Crippen LogP) is 5.59. The van der Waals surface area contributed by atoms with Crippen LogP contribution in [0.2, 0.25) is 0 Å². The second kappa shape index (κ2) is 9.03. The summed E-state index contributed by atoms with van der Waals surface area (Å²) in [5.74, 6) is 0.268. The summed E-state index contributed by atoms with van der Waals surface area (Å²) in [5, 5.41) is 3.67. The van der Waals surface area contributed by atoms with E-state index in [2.05, 4.69) is 33.0 Å². The topological polar surface area (TPSA) is 55.4 Å². The maximum atomic E-state index is 12.4. The lowest BCUT2D eigenvalue weighted by Gasteiger charge is -2.36. The van der Waals surface area contributed by atoms with Crippen LogP contribution < -0.4 is 5.32 Å². The molecule has 1 atom stereocenters. The average Bonchev–Trinajstić information content (AvgIpc) is 2.98. The Hall–Kier alpha value is -1.36. The van der Waals surface area contributed by atoms with Gasteiger partial charge < -0.3 is 10.1 Å². The maximum Gasteiger partial charge on any atom is 0.341 e. The second-order valence-electron chi connectivity index (χ2n) is 7.99. The smallest absolute Gasteiger partial charge is 0.341 e. The molecule has 1 aliphatic rings. The Morgan fingerprint density at radius 3 is 2.62 bits per heavy atom. The van der Waals surface area contributed by atoms with Crippen molar-refractivity contribution in [3.8, 4) is 0 Å². The molecule has 0 aliphatic heterocycles. The molecule has 0 saturated carbocycles. The number of hydrogen-bond donors (Lipinski definition) is 1. The Balaban J connectivity index is 2.24. The fraction of sp³-hybridized carbons (Fsp3) is 0.714. The largest absolute Gasteiger partial charge is 0.465 e. The molecule has 1 N–H and O–H groups in total. The van der Waals surface area contributed by atoms with Crippen molar-refractivity contribution in [3.63, 3.8) is 0 Å². The number of unbranched alkanes of at least 4 members (excludes halogenated alkanes) is 2. The van der Waals surface area contributed by atoms with Crippen LogP contribution in [0.1, 0.15) is 87.0 Å². The van der Waals surface area contributed by atoms with Gasteiger partial charge in [0.15, 0.2) is 0 Å². The van der Waals surface area contributed by atoms with E-state index in [4.69, 9.17) is 4.74 Å². The van der Waals surface area contributed by atoms with Gasteiger partial charge in [-0.1, -0.05) is 47.0 Å². The molecule has 0 bridgehead atoms. The molecule has 0 aromatic carbocycles. The summed E-state index contributed by atoms with van der Waals surface area (Å²) < 4.78 is 5.01. The first-order valence-corrected chi connectivity index (χ1v) is 10.7. The highest BCUT2D eigenvalue weighted by Gasteiger charge is 2.35. The van der Waals surface area contributed by atoms with Crippen molar-refractivity contribution in [2.24, 2.45) is 11.3 Å². The number of carbonyl (C=O) groups excluding carboxylic acids is 2.